The van der Waals surface area contributed by atoms with Crippen LogP contribution in [0.15, 0.2) is 58.1 Å². The Morgan fingerprint density at radius 1 is 1.17 bits per heavy atom. The van der Waals surface area contributed by atoms with Gasteiger partial charge in [-0.05, 0) is 37.3 Å². The zero-order chi connectivity index (χ0) is 16.7. The van der Waals surface area contributed by atoms with Gasteiger partial charge in [-0.25, -0.2) is 5.43 Å². The molecule has 0 unspecified atom stereocenters. The van der Waals surface area contributed by atoms with Crippen molar-refractivity contribution in [1.82, 2.24) is 5.43 Å². The number of nitrogens with one attached hydrogen (secondary N) is 2. The summed E-state index contributed by atoms with van der Waals surface area (Å²) in [5.41, 5.74) is 5.05. The van der Waals surface area contributed by atoms with Crippen molar-refractivity contribution in [3.63, 3.8) is 0 Å². The van der Waals surface area contributed by atoms with Crippen molar-refractivity contribution >= 4 is 33.2 Å². The van der Waals surface area contributed by atoms with Gasteiger partial charge in [0.25, 0.3) is 5.91 Å². The van der Waals surface area contributed by atoms with Crippen molar-refractivity contribution in [2.75, 3.05) is 19.0 Å². The van der Waals surface area contributed by atoms with Crippen molar-refractivity contribution in [1.29, 1.82) is 0 Å². The van der Waals surface area contributed by atoms with Crippen molar-refractivity contribution in [2.45, 2.75) is 6.92 Å². The molecule has 0 fully saturated rings. The smallest absolute Gasteiger partial charge is 0.259 e. The van der Waals surface area contributed by atoms with E-state index in [9.17, 15) is 4.79 Å². The summed E-state index contributed by atoms with van der Waals surface area (Å²) >= 11 is 3.46. The summed E-state index contributed by atoms with van der Waals surface area (Å²) in [5, 5.41) is 7.15. The quantitative estimate of drug-likeness (QED) is 0.600. The summed E-state index contributed by atoms with van der Waals surface area (Å²) in [7, 11) is 1.61. The van der Waals surface area contributed by atoms with Gasteiger partial charge >= 0.3 is 0 Å². The van der Waals surface area contributed by atoms with E-state index in [1.54, 1.807) is 7.11 Å². The summed E-state index contributed by atoms with van der Waals surface area (Å²) in [4.78, 5) is 11.8. The number of methoxy groups -OCH3 is 1. The molecule has 6 heteroatoms. The van der Waals surface area contributed by atoms with E-state index in [0.717, 1.165) is 27.2 Å². The lowest BCUT2D eigenvalue weighted by Crippen LogP contribution is -2.26. The van der Waals surface area contributed by atoms with Crippen molar-refractivity contribution in [3.05, 3.63) is 58.6 Å². The highest BCUT2D eigenvalue weighted by molar-refractivity contribution is 9.10. The highest BCUT2D eigenvalue weighted by Gasteiger charge is 2.04. The van der Waals surface area contributed by atoms with Gasteiger partial charge in [0, 0.05) is 15.7 Å². The predicted molar refractivity (Wildman–Crippen MR) is 96.0 cm³/mol. The molecule has 5 nitrogen and oxygen atoms in total. The Kier molecular flexibility index (Phi) is 6.17. The molecule has 0 aliphatic rings. The van der Waals surface area contributed by atoms with Crippen LogP contribution in [0, 0.1) is 0 Å². The number of benzene rings is 2. The van der Waals surface area contributed by atoms with Crippen LogP contribution >= 0.6 is 15.9 Å². The largest absolute Gasteiger partial charge is 0.497 e. The molecule has 23 heavy (non-hydrogen) atoms. The standard InChI is InChI=1S/C17H18BrN3O2/c1-12(15-5-3-4-6-16(15)18)20-21-17(22)11-19-13-7-9-14(23-2)10-8-13/h3-10,19H,11H2,1-2H3,(H,21,22)/b20-12+. The molecular formula is C17H18BrN3O2. The Morgan fingerprint density at radius 3 is 2.52 bits per heavy atom. The maximum Gasteiger partial charge on any atom is 0.259 e. The lowest BCUT2D eigenvalue weighted by molar-refractivity contribution is -0.119. The van der Waals surface area contributed by atoms with Crippen LogP contribution in [0.3, 0.4) is 0 Å². The summed E-state index contributed by atoms with van der Waals surface area (Å²) in [6.07, 6.45) is 0. The molecule has 0 heterocycles. The van der Waals surface area contributed by atoms with E-state index in [1.807, 2.05) is 55.5 Å². The molecule has 0 spiro atoms. The van der Waals surface area contributed by atoms with Crippen molar-refractivity contribution in [2.24, 2.45) is 5.10 Å². The number of hydrogen-bond acceptors (Lipinski definition) is 4. The monoisotopic (exact) mass is 375 g/mol. The Bertz CT molecular complexity index is 699. The molecule has 1 amide bonds. The van der Waals surface area contributed by atoms with E-state index in [2.05, 4.69) is 31.8 Å². The summed E-state index contributed by atoms with van der Waals surface area (Å²) in [6, 6.07) is 15.1. The van der Waals surface area contributed by atoms with Gasteiger partial charge in [-0.15, -0.1) is 0 Å². The van der Waals surface area contributed by atoms with E-state index < -0.39 is 0 Å². The zero-order valence-electron chi connectivity index (χ0n) is 13.0. The summed E-state index contributed by atoms with van der Waals surface area (Å²) < 4.78 is 6.02. The normalized spacial score (nSPS) is 11.0. The van der Waals surface area contributed by atoms with Crippen LogP contribution in [0.2, 0.25) is 0 Å². The van der Waals surface area contributed by atoms with Gasteiger partial charge in [0.2, 0.25) is 0 Å². The second-order valence-electron chi connectivity index (χ2n) is 4.79. The fourth-order valence-electron chi connectivity index (χ4n) is 1.89. The van der Waals surface area contributed by atoms with Gasteiger partial charge in [-0.3, -0.25) is 4.79 Å². The van der Waals surface area contributed by atoms with E-state index in [4.69, 9.17) is 4.74 Å². The molecule has 2 aromatic rings. The van der Waals surface area contributed by atoms with Gasteiger partial charge in [0.15, 0.2) is 0 Å². The SMILES string of the molecule is COc1ccc(NCC(=O)N/N=C(\C)c2ccccc2Br)cc1. The molecule has 0 radical (unpaired) electrons. The fourth-order valence-corrected chi connectivity index (χ4v) is 2.46. The summed E-state index contributed by atoms with van der Waals surface area (Å²) in [6.45, 7) is 1.98. The third-order valence-corrected chi connectivity index (χ3v) is 3.85. The third kappa shape index (κ3) is 5.10. The number of amides is 1. The van der Waals surface area contributed by atoms with Gasteiger partial charge < -0.3 is 10.1 Å². The second-order valence-corrected chi connectivity index (χ2v) is 5.65. The Hall–Kier alpha value is -2.34. The number of halogens is 1. The second kappa shape index (κ2) is 8.33. The Morgan fingerprint density at radius 2 is 1.87 bits per heavy atom. The number of hydrogen-bond donors (Lipinski definition) is 2. The van der Waals surface area contributed by atoms with Gasteiger partial charge in [0.05, 0.1) is 19.4 Å². The van der Waals surface area contributed by atoms with E-state index in [0.29, 0.717) is 0 Å². The highest BCUT2D eigenvalue weighted by atomic mass is 79.9. The topological polar surface area (TPSA) is 62.7 Å². The molecule has 2 aromatic carbocycles. The molecule has 0 aromatic heterocycles. The first-order valence-corrected chi connectivity index (χ1v) is 7.85. The maximum absolute atomic E-state index is 11.8. The van der Waals surface area contributed by atoms with Crippen LogP contribution in [-0.4, -0.2) is 25.3 Å². The lowest BCUT2D eigenvalue weighted by Gasteiger charge is -2.07. The van der Waals surface area contributed by atoms with Crippen LogP contribution < -0.4 is 15.5 Å². The van der Waals surface area contributed by atoms with Crippen molar-refractivity contribution in [3.8, 4) is 5.75 Å². The molecule has 2 rings (SSSR count). The first kappa shape index (κ1) is 17.0. The predicted octanol–water partition coefficient (Wildman–Crippen LogP) is 3.41. The number of carbonyl (C=O) groups excluding carboxylic acids is 1. The minimum absolute atomic E-state index is 0.138. The maximum atomic E-state index is 11.8. The molecule has 0 saturated heterocycles. The average molecular weight is 376 g/mol. The van der Waals surface area contributed by atoms with Gasteiger partial charge in [-0.1, -0.05) is 34.1 Å². The summed E-state index contributed by atoms with van der Waals surface area (Å²) in [5.74, 6) is 0.556. The number of nitrogens with zero attached hydrogens (tertiary/aromatic N) is 1. The average Bonchev–Trinajstić information content (AvgIpc) is 2.58. The Labute approximate surface area is 143 Å². The first-order chi connectivity index (χ1) is 11.1. The molecule has 120 valence electrons. The molecule has 0 saturated carbocycles. The first-order valence-electron chi connectivity index (χ1n) is 7.06. The van der Waals surface area contributed by atoms with Gasteiger partial charge in [-0.2, -0.15) is 5.10 Å². The molecule has 2 N–H and O–H groups in total. The number of carbonyl (C=O) groups is 1. The molecule has 0 aliphatic heterocycles. The van der Waals surface area contributed by atoms with E-state index in [1.165, 1.54) is 0 Å². The van der Waals surface area contributed by atoms with E-state index >= 15 is 0 Å². The number of anilines is 1. The molecule has 0 bridgehead atoms. The fraction of sp³-hybridized carbons (Fsp3) is 0.176. The highest BCUT2D eigenvalue weighted by Crippen LogP contribution is 2.16. The molecular weight excluding hydrogens is 358 g/mol. The molecule has 0 aliphatic carbocycles. The number of hydrazone groups is 1. The van der Waals surface area contributed by atoms with Crippen molar-refractivity contribution < 1.29 is 9.53 Å². The van der Waals surface area contributed by atoms with Crippen LogP contribution in [-0.2, 0) is 4.79 Å². The minimum Gasteiger partial charge on any atom is -0.497 e. The minimum atomic E-state index is -0.216. The van der Waals surface area contributed by atoms with E-state index in [-0.39, 0.29) is 12.5 Å². The van der Waals surface area contributed by atoms with Crippen LogP contribution in [0.25, 0.3) is 0 Å². The van der Waals surface area contributed by atoms with Crippen LogP contribution in [0.5, 0.6) is 5.75 Å². The molecule has 0 atom stereocenters. The van der Waals surface area contributed by atoms with Crippen LogP contribution in [0.1, 0.15) is 12.5 Å². The number of rotatable bonds is 6. The van der Waals surface area contributed by atoms with Gasteiger partial charge in [0.1, 0.15) is 5.75 Å². The lowest BCUT2D eigenvalue weighted by atomic mass is 10.1. The number of ether oxygens (including phenoxy) is 1. The third-order valence-electron chi connectivity index (χ3n) is 3.16. The zero-order valence-corrected chi connectivity index (χ0v) is 14.6. The Balaban J connectivity index is 1.87. The van der Waals surface area contributed by atoms with Crippen LogP contribution in [0.4, 0.5) is 5.69 Å².